The van der Waals surface area contributed by atoms with Crippen LogP contribution < -0.4 is 9.47 Å². The standard InChI is InChI=1S/C48H42O14/c49-19-34-44(57)45(58)46(59)48(62-34)60-29-14-23(13-27(53)15-29)37-35(20-1-7-24(50)8-2-20)42-36(21-3-9-25(51)10-4-21)38-30(16-28(54)17-31(38)55)39-41-33(18-32(56)40(37)43(41)42)61-47(39)22-5-11-26(52)12-6-22/h1-18,34-37,39,42,44-59H,19H2/t34-,35+,36-,37-,39+,42+,44-,45+,46-,47-,48-/m1/s1. The summed E-state index contributed by atoms with van der Waals surface area (Å²) in [5.41, 5.74) is 5.26. The van der Waals surface area contributed by atoms with Crippen LogP contribution in [-0.4, -0.2) is 93.5 Å². The Morgan fingerprint density at radius 1 is 0.468 bits per heavy atom. The van der Waals surface area contributed by atoms with Crippen LogP contribution in [0.2, 0.25) is 0 Å². The quantitative estimate of drug-likeness (QED) is 0.0986. The largest absolute Gasteiger partial charge is 0.508 e. The van der Waals surface area contributed by atoms with Gasteiger partial charge >= 0.3 is 0 Å². The Bertz CT molecular complexity index is 2680. The lowest BCUT2D eigenvalue weighted by Crippen LogP contribution is -2.60. The molecule has 4 aliphatic rings. The number of benzene rings is 6. The Balaban J connectivity index is 1.25. The molecule has 0 spiro atoms. The highest BCUT2D eigenvalue weighted by Gasteiger charge is 2.56. The summed E-state index contributed by atoms with van der Waals surface area (Å²) >= 11 is 0. The van der Waals surface area contributed by atoms with E-state index in [-0.39, 0.29) is 46.0 Å². The molecule has 2 aliphatic heterocycles. The molecule has 14 nitrogen and oxygen atoms in total. The summed E-state index contributed by atoms with van der Waals surface area (Å²) in [7, 11) is 0. The number of hydrogen-bond acceptors (Lipinski definition) is 14. The summed E-state index contributed by atoms with van der Waals surface area (Å²) in [5, 5.41) is 120. The number of hydrogen-bond donors (Lipinski definition) is 11. The zero-order valence-electron chi connectivity index (χ0n) is 32.6. The van der Waals surface area contributed by atoms with E-state index in [2.05, 4.69) is 0 Å². The average Bonchev–Trinajstić information content (AvgIpc) is 3.76. The van der Waals surface area contributed by atoms with Gasteiger partial charge in [-0.15, -0.1) is 0 Å². The third-order valence-electron chi connectivity index (χ3n) is 13.0. The molecule has 0 saturated carbocycles. The first-order valence-electron chi connectivity index (χ1n) is 20.1. The van der Waals surface area contributed by atoms with Gasteiger partial charge in [0.2, 0.25) is 6.29 Å². The van der Waals surface area contributed by atoms with E-state index < -0.39 is 73.0 Å². The average molecular weight is 843 g/mol. The van der Waals surface area contributed by atoms with Gasteiger partial charge in [0.25, 0.3) is 0 Å². The number of aromatic hydroxyl groups is 7. The number of fused-ring (bicyclic) bond motifs is 2. The molecule has 62 heavy (non-hydrogen) atoms. The highest BCUT2D eigenvalue weighted by Crippen LogP contribution is 2.70. The van der Waals surface area contributed by atoms with E-state index in [1.165, 1.54) is 48.5 Å². The molecule has 11 N–H and O–H groups in total. The van der Waals surface area contributed by atoms with Gasteiger partial charge in [-0.3, -0.25) is 0 Å². The van der Waals surface area contributed by atoms with Crippen molar-refractivity contribution in [2.75, 3.05) is 6.61 Å². The zero-order chi connectivity index (χ0) is 43.3. The van der Waals surface area contributed by atoms with Crippen LogP contribution in [0.1, 0.15) is 85.8 Å². The Hall–Kier alpha value is -6.68. The molecular formula is C48H42O14. The first-order valence-corrected chi connectivity index (χ1v) is 20.1. The minimum absolute atomic E-state index is 0.00302. The normalized spacial score (nSPS) is 28.1. The van der Waals surface area contributed by atoms with E-state index in [1.54, 1.807) is 60.7 Å². The van der Waals surface area contributed by atoms with E-state index in [1.807, 2.05) is 0 Å². The minimum atomic E-state index is -1.75. The number of aliphatic hydroxyl groups excluding tert-OH is 4. The Kier molecular flexibility index (Phi) is 9.39. The second-order valence-corrected chi connectivity index (χ2v) is 16.5. The minimum Gasteiger partial charge on any atom is -0.508 e. The highest BCUT2D eigenvalue weighted by molar-refractivity contribution is 5.72. The van der Waals surface area contributed by atoms with E-state index in [4.69, 9.17) is 14.2 Å². The van der Waals surface area contributed by atoms with E-state index in [0.29, 0.717) is 55.8 Å². The number of aliphatic hydroxyl groups is 4. The van der Waals surface area contributed by atoms with Gasteiger partial charge in [0.05, 0.1) is 12.5 Å². The van der Waals surface area contributed by atoms with Crippen LogP contribution in [0.15, 0.2) is 109 Å². The number of phenols is 7. The van der Waals surface area contributed by atoms with Crippen LogP contribution in [0.5, 0.6) is 51.7 Å². The molecule has 0 aromatic heterocycles. The monoisotopic (exact) mass is 842 g/mol. The van der Waals surface area contributed by atoms with Crippen LogP contribution in [0, 0.1) is 0 Å². The van der Waals surface area contributed by atoms with Gasteiger partial charge in [-0.2, -0.15) is 0 Å². The Morgan fingerprint density at radius 2 is 1.05 bits per heavy atom. The molecule has 6 aromatic carbocycles. The van der Waals surface area contributed by atoms with Crippen molar-refractivity contribution in [3.63, 3.8) is 0 Å². The SMILES string of the molecule is OC[C@H]1O[C@@H](Oc2cc(O)cc([C@H]3c4c(O)cc5c6c4[C@H]([C@H](c4ccc(O)cc4)c4c(O)cc(O)cc4[C@@H]6[C@@H](c4ccc(O)cc4)O5)[C@H]3c3ccc(O)cc3)c2)[C@H](O)[C@@H](O)[C@@H]1O. The van der Waals surface area contributed by atoms with Crippen LogP contribution in [0.25, 0.3) is 0 Å². The van der Waals surface area contributed by atoms with E-state index >= 15 is 0 Å². The summed E-state index contributed by atoms with van der Waals surface area (Å²) in [6.07, 6.45) is -8.73. The van der Waals surface area contributed by atoms with Crippen molar-refractivity contribution in [3.8, 4) is 51.7 Å². The summed E-state index contributed by atoms with van der Waals surface area (Å²) in [4.78, 5) is 0. The molecular weight excluding hydrogens is 801 g/mol. The summed E-state index contributed by atoms with van der Waals surface area (Å²) in [6.45, 7) is -0.687. The molecule has 1 fully saturated rings. The molecule has 10 rings (SSSR count). The molecule has 2 heterocycles. The van der Waals surface area contributed by atoms with Crippen molar-refractivity contribution in [3.05, 3.63) is 159 Å². The Morgan fingerprint density at radius 3 is 1.69 bits per heavy atom. The van der Waals surface area contributed by atoms with Crippen LogP contribution in [0.4, 0.5) is 0 Å². The van der Waals surface area contributed by atoms with E-state index in [9.17, 15) is 56.2 Å². The number of phenolic OH excluding ortho intramolecular Hbond substituents is 7. The molecule has 2 aliphatic carbocycles. The fraction of sp³-hybridized carbons (Fsp3) is 0.250. The smallest absolute Gasteiger partial charge is 0.229 e. The topological polar surface area (TPSA) is 250 Å². The molecule has 0 radical (unpaired) electrons. The molecule has 14 heteroatoms. The molecule has 11 atom stereocenters. The molecule has 0 unspecified atom stereocenters. The van der Waals surface area contributed by atoms with Gasteiger partial charge in [0, 0.05) is 58.6 Å². The first-order chi connectivity index (χ1) is 29.8. The summed E-state index contributed by atoms with van der Waals surface area (Å²) < 4.78 is 18.4. The molecule has 1 saturated heterocycles. The van der Waals surface area contributed by atoms with Crippen molar-refractivity contribution in [1.82, 2.24) is 0 Å². The maximum absolute atomic E-state index is 12.4. The lowest BCUT2D eigenvalue weighted by molar-refractivity contribution is -0.277. The lowest BCUT2D eigenvalue weighted by atomic mass is 9.69. The molecule has 0 amide bonds. The van der Waals surface area contributed by atoms with Crippen molar-refractivity contribution in [1.29, 1.82) is 0 Å². The van der Waals surface area contributed by atoms with Gasteiger partial charge in [-0.25, -0.2) is 0 Å². The fourth-order valence-electron chi connectivity index (χ4n) is 10.4. The predicted molar refractivity (Wildman–Crippen MR) is 219 cm³/mol. The third-order valence-corrected chi connectivity index (χ3v) is 13.0. The fourth-order valence-corrected chi connectivity index (χ4v) is 10.4. The first kappa shape index (κ1) is 39.5. The Labute approximate surface area is 353 Å². The zero-order valence-corrected chi connectivity index (χ0v) is 32.6. The maximum Gasteiger partial charge on any atom is 0.229 e. The molecule has 318 valence electrons. The van der Waals surface area contributed by atoms with Gasteiger partial charge in [-0.1, -0.05) is 36.4 Å². The van der Waals surface area contributed by atoms with Crippen molar-refractivity contribution < 1.29 is 70.4 Å². The van der Waals surface area contributed by atoms with E-state index in [0.717, 1.165) is 0 Å². The van der Waals surface area contributed by atoms with Gasteiger partial charge in [-0.05, 0) is 88.0 Å². The van der Waals surface area contributed by atoms with Crippen molar-refractivity contribution in [2.24, 2.45) is 0 Å². The van der Waals surface area contributed by atoms with Gasteiger partial charge in [0.1, 0.15) is 82.3 Å². The predicted octanol–water partition coefficient (Wildman–Crippen LogP) is 5.23. The van der Waals surface area contributed by atoms with Crippen LogP contribution >= 0.6 is 0 Å². The third kappa shape index (κ3) is 6.21. The van der Waals surface area contributed by atoms with Gasteiger partial charge < -0.3 is 70.4 Å². The van der Waals surface area contributed by atoms with Gasteiger partial charge in [0.15, 0.2) is 0 Å². The van der Waals surface area contributed by atoms with Crippen molar-refractivity contribution in [2.45, 2.75) is 66.4 Å². The van der Waals surface area contributed by atoms with Crippen molar-refractivity contribution >= 4 is 0 Å². The lowest BCUT2D eigenvalue weighted by Gasteiger charge is -2.39. The van der Waals surface area contributed by atoms with Crippen LogP contribution in [0.3, 0.4) is 0 Å². The van der Waals surface area contributed by atoms with Crippen LogP contribution in [-0.2, 0) is 4.74 Å². The second-order valence-electron chi connectivity index (χ2n) is 16.5. The molecule has 0 bridgehead atoms. The summed E-state index contributed by atoms with van der Waals surface area (Å²) in [6, 6.07) is 28.5. The maximum atomic E-state index is 12.4. The number of ether oxygens (including phenoxy) is 3. The molecule has 6 aromatic rings. The number of rotatable bonds is 7. The highest BCUT2D eigenvalue weighted by atomic mass is 16.7. The second kappa shape index (κ2) is 14.8. The summed E-state index contributed by atoms with van der Waals surface area (Å²) in [5.74, 6) is -4.07.